The third-order valence-corrected chi connectivity index (χ3v) is 4.26. The van der Waals surface area contributed by atoms with Crippen molar-refractivity contribution >= 4 is 27.5 Å². The van der Waals surface area contributed by atoms with Crippen molar-refractivity contribution in [3.8, 4) is 0 Å². The van der Waals surface area contributed by atoms with E-state index in [0.717, 1.165) is 0 Å². The van der Waals surface area contributed by atoms with Gasteiger partial charge in [-0.25, -0.2) is 8.42 Å². The van der Waals surface area contributed by atoms with E-state index in [2.05, 4.69) is 9.71 Å². The lowest BCUT2D eigenvalue weighted by Crippen LogP contribution is -2.26. The molecule has 0 bridgehead atoms. The van der Waals surface area contributed by atoms with Crippen molar-refractivity contribution in [2.45, 2.75) is 10.9 Å². The molecule has 0 fully saturated rings. The summed E-state index contributed by atoms with van der Waals surface area (Å²) in [5.41, 5.74) is 0.573. The van der Waals surface area contributed by atoms with E-state index in [1.807, 2.05) is 0 Å². The number of sulfonamides is 1. The molecule has 1 aliphatic rings. The van der Waals surface area contributed by atoms with Crippen molar-refractivity contribution in [3.63, 3.8) is 0 Å². The molecule has 0 saturated carbocycles. The predicted octanol–water partition coefficient (Wildman–Crippen LogP) is 0.979. The highest BCUT2D eigenvalue weighted by Crippen LogP contribution is 2.22. The lowest BCUT2D eigenvalue weighted by molar-refractivity contribution is 0.186. The zero-order valence-corrected chi connectivity index (χ0v) is 11.3. The number of hydrogen-bond acceptors (Lipinski definition) is 4. The van der Waals surface area contributed by atoms with Crippen LogP contribution in [0.5, 0.6) is 0 Å². The molecule has 1 heterocycles. The Hall–Kier alpha value is -1.11. The number of nitrogens with zero attached hydrogens (tertiary/aromatic N) is 1. The lowest BCUT2D eigenvalue weighted by Gasteiger charge is -2.08. The molecule has 0 amide bonds. The first-order valence-electron chi connectivity index (χ1n) is 5.33. The van der Waals surface area contributed by atoms with Gasteiger partial charge in [0.2, 0.25) is 0 Å². The minimum Gasteiger partial charge on any atom is -0.382 e. The van der Waals surface area contributed by atoms with Crippen LogP contribution in [0.25, 0.3) is 0 Å². The van der Waals surface area contributed by atoms with Gasteiger partial charge in [0, 0.05) is 18.6 Å². The smallest absolute Gasteiger partial charge is 0.263 e. The Morgan fingerprint density at radius 2 is 2.17 bits per heavy atom. The minimum atomic E-state index is -3.49. The second kappa shape index (κ2) is 5.26. The fourth-order valence-corrected chi connectivity index (χ4v) is 3.12. The average molecular weight is 289 g/mol. The molecule has 1 unspecified atom stereocenters. The lowest BCUT2D eigenvalue weighted by atomic mass is 10.2. The number of halogens is 1. The van der Waals surface area contributed by atoms with Crippen LogP contribution in [0.15, 0.2) is 34.2 Å². The molecule has 18 heavy (non-hydrogen) atoms. The highest BCUT2D eigenvalue weighted by molar-refractivity contribution is 7.90. The van der Waals surface area contributed by atoms with Gasteiger partial charge in [0.25, 0.3) is 10.0 Å². The van der Waals surface area contributed by atoms with Gasteiger partial charge in [-0.2, -0.15) is 0 Å². The summed E-state index contributed by atoms with van der Waals surface area (Å²) in [6.07, 6.45) is 0. The van der Waals surface area contributed by atoms with Crippen LogP contribution in [0.3, 0.4) is 0 Å². The van der Waals surface area contributed by atoms with E-state index in [9.17, 15) is 8.42 Å². The Morgan fingerprint density at radius 3 is 2.83 bits per heavy atom. The molecule has 1 atom stereocenters. The van der Waals surface area contributed by atoms with Gasteiger partial charge >= 0.3 is 0 Å². The van der Waals surface area contributed by atoms with E-state index in [1.54, 1.807) is 31.4 Å². The first-order chi connectivity index (χ1) is 8.58. The van der Waals surface area contributed by atoms with Crippen LogP contribution in [-0.2, 0) is 14.8 Å². The topological polar surface area (TPSA) is 67.8 Å². The number of hydrogen-bond donors (Lipinski definition) is 1. The molecule has 2 rings (SSSR count). The van der Waals surface area contributed by atoms with Crippen molar-refractivity contribution < 1.29 is 13.2 Å². The summed E-state index contributed by atoms with van der Waals surface area (Å²) in [7, 11) is -1.94. The highest BCUT2D eigenvalue weighted by atomic mass is 35.5. The summed E-state index contributed by atoms with van der Waals surface area (Å²) in [5.74, 6) is 0.592. The molecular formula is C11H13ClN2O3S. The van der Waals surface area contributed by atoms with Crippen molar-refractivity contribution in [1.82, 2.24) is 4.72 Å². The first kappa shape index (κ1) is 13.3. The highest BCUT2D eigenvalue weighted by Gasteiger charge is 2.30. The van der Waals surface area contributed by atoms with Gasteiger partial charge in [-0.15, -0.1) is 11.6 Å². The van der Waals surface area contributed by atoms with Crippen LogP contribution in [0.2, 0.25) is 0 Å². The van der Waals surface area contributed by atoms with Crippen LogP contribution in [0, 0.1) is 0 Å². The Bertz CT molecular complexity index is 571. The van der Waals surface area contributed by atoms with Gasteiger partial charge < -0.3 is 4.74 Å². The van der Waals surface area contributed by atoms with E-state index in [-0.39, 0.29) is 16.8 Å². The van der Waals surface area contributed by atoms with Gasteiger partial charge in [0.1, 0.15) is 5.84 Å². The van der Waals surface area contributed by atoms with E-state index >= 15 is 0 Å². The zero-order valence-electron chi connectivity index (χ0n) is 9.76. The molecule has 0 radical (unpaired) electrons. The van der Waals surface area contributed by atoms with E-state index < -0.39 is 10.0 Å². The Labute approximate surface area is 111 Å². The maximum atomic E-state index is 11.8. The molecule has 7 heteroatoms. The second-order valence-electron chi connectivity index (χ2n) is 3.84. The summed E-state index contributed by atoms with van der Waals surface area (Å²) in [4.78, 5) is 4.54. The third kappa shape index (κ3) is 2.50. The number of fused-ring (bicyclic) bond motifs is 1. The van der Waals surface area contributed by atoms with Crippen LogP contribution in [-0.4, -0.2) is 39.9 Å². The maximum absolute atomic E-state index is 11.8. The predicted molar refractivity (Wildman–Crippen MR) is 69.7 cm³/mol. The summed E-state index contributed by atoms with van der Waals surface area (Å²) in [6.45, 7) is 0.344. The average Bonchev–Trinajstić information content (AvgIpc) is 2.61. The first-order valence-corrected chi connectivity index (χ1v) is 7.35. The number of rotatable bonds is 4. The van der Waals surface area contributed by atoms with Crippen molar-refractivity contribution in [1.29, 1.82) is 0 Å². The van der Waals surface area contributed by atoms with E-state index in [4.69, 9.17) is 16.3 Å². The fraction of sp³-hybridized carbons (Fsp3) is 0.364. The Balaban J connectivity index is 2.41. The van der Waals surface area contributed by atoms with Crippen LogP contribution in [0.1, 0.15) is 5.56 Å². The number of ether oxygens (including phenoxy) is 1. The normalized spacial score (nSPS) is 20.4. The van der Waals surface area contributed by atoms with Gasteiger partial charge in [-0.3, -0.25) is 9.71 Å². The molecule has 5 nitrogen and oxygen atoms in total. The largest absolute Gasteiger partial charge is 0.382 e. The molecule has 1 N–H and O–H groups in total. The van der Waals surface area contributed by atoms with Gasteiger partial charge in [0.05, 0.1) is 17.5 Å². The number of alkyl halides is 1. The number of nitrogens with one attached hydrogen (secondary N) is 1. The maximum Gasteiger partial charge on any atom is 0.263 e. The molecule has 1 aromatic rings. The molecular weight excluding hydrogens is 276 g/mol. The van der Waals surface area contributed by atoms with Crippen LogP contribution < -0.4 is 4.72 Å². The van der Waals surface area contributed by atoms with Gasteiger partial charge in [0.15, 0.2) is 0 Å². The fourth-order valence-electron chi connectivity index (χ4n) is 1.72. The van der Waals surface area contributed by atoms with Crippen molar-refractivity contribution in [2.75, 3.05) is 19.6 Å². The van der Waals surface area contributed by atoms with Gasteiger partial charge in [-0.1, -0.05) is 12.1 Å². The summed E-state index contributed by atoms with van der Waals surface area (Å²) >= 11 is 5.76. The van der Waals surface area contributed by atoms with Crippen LogP contribution in [0.4, 0.5) is 0 Å². The monoisotopic (exact) mass is 288 g/mol. The number of benzene rings is 1. The second-order valence-corrected chi connectivity index (χ2v) is 5.80. The molecule has 0 saturated heterocycles. The standard InChI is InChI=1S/C11H13ClN2O3S/c1-17-7-8(6-12)13-11-9-4-2-3-5-10(9)18(15,16)14-11/h2-5,8H,6-7H2,1H3,(H,13,14). The van der Waals surface area contributed by atoms with Crippen molar-refractivity contribution in [2.24, 2.45) is 4.99 Å². The molecule has 1 aliphatic heterocycles. The van der Waals surface area contributed by atoms with E-state index in [1.165, 1.54) is 0 Å². The van der Waals surface area contributed by atoms with Crippen LogP contribution >= 0.6 is 11.6 Å². The van der Waals surface area contributed by atoms with Crippen molar-refractivity contribution in [3.05, 3.63) is 29.8 Å². The molecule has 98 valence electrons. The zero-order chi connectivity index (χ0) is 13.2. The summed E-state index contributed by atoms with van der Waals surface area (Å²) in [5, 5.41) is 0. The quantitative estimate of drug-likeness (QED) is 0.840. The molecule has 0 aromatic heterocycles. The minimum absolute atomic E-state index is 0.245. The number of methoxy groups -OCH3 is 1. The number of amidine groups is 1. The SMILES string of the molecule is COCC(CCl)N=C1NS(=O)(=O)c2ccccc21. The summed E-state index contributed by atoms with van der Waals surface area (Å²) < 4.78 is 31.1. The third-order valence-electron chi connectivity index (χ3n) is 2.51. The number of aliphatic imine (C=N–C) groups is 1. The Kier molecular flexibility index (Phi) is 3.89. The summed E-state index contributed by atoms with van der Waals surface area (Å²) in [6, 6.07) is 6.43. The molecule has 1 aromatic carbocycles. The van der Waals surface area contributed by atoms with Gasteiger partial charge in [-0.05, 0) is 12.1 Å². The van der Waals surface area contributed by atoms with E-state index in [0.29, 0.717) is 18.0 Å². The molecule has 0 aliphatic carbocycles. The Morgan fingerprint density at radius 1 is 1.44 bits per heavy atom. The molecule has 0 spiro atoms.